The lowest BCUT2D eigenvalue weighted by atomic mass is 10.2. The minimum atomic E-state index is -1.12. The third kappa shape index (κ3) is 3.96. The number of amides is 1. The lowest BCUT2D eigenvalue weighted by Crippen LogP contribution is -2.24. The molecule has 0 heterocycles. The van der Waals surface area contributed by atoms with E-state index >= 15 is 0 Å². The van der Waals surface area contributed by atoms with E-state index in [9.17, 15) is 9.59 Å². The number of carboxylic acids is 1. The van der Waals surface area contributed by atoms with Crippen LogP contribution in [0.25, 0.3) is 0 Å². The van der Waals surface area contributed by atoms with E-state index < -0.39 is 5.97 Å². The summed E-state index contributed by atoms with van der Waals surface area (Å²) in [6.07, 6.45) is 1.88. The molecule has 0 aliphatic rings. The zero-order valence-corrected chi connectivity index (χ0v) is 8.96. The van der Waals surface area contributed by atoms with Crippen LogP contribution in [0.2, 0.25) is 0 Å². The molecule has 1 N–H and O–H groups in total. The zero-order chi connectivity index (χ0) is 12.0. The Kier molecular flexibility index (Phi) is 4.27. The molecule has 1 rings (SSSR count). The molecule has 0 fully saturated rings. The van der Waals surface area contributed by atoms with Crippen LogP contribution in [-0.4, -0.2) is 28.9 Å². The number of carbonyl (C=O) groups is 2. The molecule has 84 valence electrons. The number of hydrogen-bond donors (Lipinski definition) is 1. The van der Waals surface area contributed by atoms with Gasteiger partial charge in [-0.05, 0) is 5.56 Å². The van der Waals surface area contributed by atoms with Gasteiger partial charge in [0.05, 0.1) is 0 Å². The molecule has 4 heteroatoms. The lowest BCUT2D eigenvalue weighted by molar-refractivity contribution is -0.132. The normalized spacial score (nSPS) is 10.3. The van der Waals surface area contributed by atoms with Crippen molar-refractivity contribution in [3.8, 4) is 0 Å². The molecular weight excluding hydrogens is 206 g/mol. The van der Waals surface area contributed by atoms with Gasteiger partial charge in [0, 0.05) is 25.7 Å². The maximum atomic E-state index is 11.4. The summed E-state index contributed by atoms with van der Waals surface area (Å²) in [6, 6.07) is 9.49. The van der Waals surface area contributed by atoms with Gasteiger partial charge in [-0.1, -0.05) is 30.3 Å². The van der Waals surface area contributed by atoms with E-state index in [-0.39, 0.29) is 5.91 Å². The minimum absolute atomic E-state index is 0.328. The fourth-order valence-electron chi connectivity index (χ4n) is 1.21. The maximum absolute atomic E-state index is 11.4. The summed E-state index contributed by atoms with van der Waals surface area (Å²) < 4.78 is 0. The summed E-state index contributed by atoms with van der Waals surface area (Å²) in [5.74, 6) is -1.45. The second kappa shape index (κ2) is 5.70. The highest BCUT2D eigenvalue weighted by Gasteiger charge is 2.05. The zero-order valence-electron chi connectivity index (χ0n) is 8.96. The fraction of sp³-hybridized carbons (Fsp3) is 0.167. The van der Waals surface area contributed by atoms with Crippen LogP contribution >= 0.6 is 0 Å². The van der Waals surface area contributed by atoms with Crippen LogP contribution in [0.15, 0.2) is 42.5 Å². The monoisotopic (exact) mass is 219 g/mol. The van der Waals surface area contributed by atoms with Crippen LogP contribution in [0.1, 0.15) is 5.56 Å². The second-order valence-electron chi connectivity index (χ2n) is 3.35. The van der Waals surface area contributed by atoms with Gasteiger partial charge in [-0.3, -0.25) is 4.79 Å². The van der Waals surface area contributed by atoms with Gasteiger partial charge in [-0.25, -0.2) is 4.79 Å². The second-order valence-corrected chi connectivity index (χ2v) is 3.35. The Morgan fingerprint density at radius 3 is 2.44 bits per heavy atom. The van der Waals surface area contributed by atoms with Crippen molar-refractivity contribution < 1.29 is 14.7 Å². The largest absolute Gasteiger partial charge is 0.478 e. The van der Waals surface area contributed by atoms with Gasteiger partial charge in [0.15, 0.2) is 0 Å². The number of rotatable bonds is 4. The van der Waals surface area contributed by atoms with E-state index in [4.69, 9.17) is 5.11 Å². The summed E-state index contributed by atoms with van der Waals surface area (Å²) in [6.45, 7) is 0.462. The predicted molar refractivity (Wildman–Crippen MR) is 59.7 cm³/mol. The van der Waals surface area contributed by atoms with E-state index in [1.54, 1.807) is 7.05 Å². The number of hydrogen-bond acceptors (Lipinski definition) is 2. The molecule has 0 spiro atoms. The third-order valence-electron chi connectivity index (χ3n) is 2.01. The molecule has 0 aromatic heterocycles. The number of likely N-dealkylation sites (N-methyl/N-ethyl adjacent to an activating group) is 1. The number of nitrogens with zero attached hydrogens (tertiary/aromatic N) is 1. The first-order valence-corrected chi connectivity index (χ1v) is 4.79. The van der Waals surface area contributed by atoms with Crippen molar-refractivity contribution in [1.82, 2.24) is 4.90 Å². The minimum Gasteiger partial charge on any atom is -0.478 e. The molecule has 0 saturated carbocycles. The van der Waals surface area contributed by atoms with Crippen molar-refractivity contribution >= 4 is 11.9 Å². The smallest absolute Gasteiger partial charge is 0.328 e. The van der Waals surface area contributed by atoms with Crippen molar-refractivity contribution in [2.24, 2.45) is 0 Å². The number of carbonyl (C=O) groups excluding carboxylic acids is 1. The molecule has 0 radical (unpaired) electrons. The van der Waals surface area contributed by atoms with Crippen molar-refractivity contribution in [3.05, 3.63) is 48.0 Å². The molecule has 4 nitrogen and oxygen atoms in total. The average molecular weight is 219 g/mol. The molecule has 0 bridgehead atoms. The average Bonchev–Trinajstić information content (AvgIpc) is 2.27. The molecule has 0 unspecified atom stereocenters. The van der Waals surface area contributed by atoms with Crippen LogP contribution in [0.4, 0.5) is 0 Å². The Morgan fingerprint density at radius 1 is 1.25 bits per heavy atom. The lowest BCUT2D eigenvalue weighted by Gasteiger charge is -2.14. The summed E-state index contributed by atoms with van der Waals surface area (Å²) in [4.78, 5) is 23.1. The van der Waals surface area contributed by atoms with Crippen molar-refractivity contribution in [2.75, 3.05) is 7.05 Å². The van der Waals surface area contributed by atoms with E-state index in [2.05, 4.69) is 0 Å². The predicted octanol–water partition coefficient (Wildman–Crippen LogP) is 1.29. The van der Waals surface area contributed by atoms with Crippen molar-refractivity contribution in [3.63, 3.8) is 0 Å². The van der Waals surface area contributed by atoms with Crippen LogP contribution in [-0.2, 0) is 16.1 Å². The molecule has 1 aromatic rings. The van der Waals surface area contributed by atoms with E-state index in [0.717, 1.165) is 17.7 Å². The number of benzene rings is 1. The third-order valence-corrected chi connectivity index (χ3v) is 2.01. The highest BCUT2D eigenvalue weighted by atomic mass is 16.4. The molecule has 1 aromatic carbocycles. The SMILES string of the molecule is CN(Cc1ccccc1)C(=O)/C=C/C(=O)O. The summed E-state index contributed by atoms with van der Waals surface area (Å²) in [5.41, 5.74) is 1.00. The van der Waals surface area contributed by atoms with Gasteiger partial charge in [0.25, 0.3) is 0 Å². The Bertz CT molecular complexity index is 398. The molecular formula is C12H13NO3. The van der Waals surface area contributed by atoms with Crippen LogP contribution in [0, 0.1) is 0 Å². The number of carboxylic acid groups (broad SMARTS) is 1. The standard InChI is InChI=1S/C12H13NO3/c1-13(11(14)7-8-12(15)16)9-10-5-3-2-4-6-10/h2-8H,9H2,1H3,(H,15,16)/b8-7+. The van der Waals surface area contributed by atoms with Crippen LogP contribution < -0.4 is 0 Å². The first-order chi connectivity index (χ1) is 7.59. The van der Waals surface area contributed by atoms with Gasteiger partial charge in [0.2, 0.25) is 5.91 Å². The van der Waals surface area contributed by atoms with Gasteiger partial charge in [-0.15, -0.1) is 0 Å². The molecule has 0 saturated heterocycles. The van der Waals surface area contributed by atoms with Gasteiger partial charge in [-0.2, -0.15) is 0 Å². The molecule has 0 aliphatic carbocycles. The molecule has 16 heavy (non-hydrogen) atoms. The van der Waals surface area contributed by atoms with Crippen molar-refractivity contribution in [2.45, 2.75) is 6.54 Å². The Balaban J connectivity index is 2.56. The first-order valence-electron chi connectivity index (χ1n) is 4.79. The van der Waals surface area contributed by atoms with E-state index in [1.165, 1.54) is 4.90 Å². The summed E-state index contributed by atoms with van der Waals surface area (Å²) in [5, 5.41) is 8.38. The van der Waals surface area contributed by atoms with Crippen molar-refractivity contribution in [1.29, 1.82) is 0 Å². The van der Waals surface area contributed by atoms with Crippen LogP contribution in [0.3, 0.4) is 0 Å². The fourth-order valence-corrected chi connectivity index (χ4v) is 1.21. The molecule has 0 atom stereocenters. The van der Waals surface area contributed by atoms with E-state index in [1.807, 2.05) is 30.3 Å². The topological polar surface area (TPSA) is 57.6 Å². The number of aliphatic carboxylic acids is 1. The quantitative estimate of drug-likeness (QED) is 0.776. The molecule has 0 aliphatic heterocycles. The molecule has 1 amide bonds. The Labute approximate surface area is 93.8 Å². The highest BCUT2D eigenvalue weighted by molar-refractivity contribution is 5.93. The maximum Gasteiger partial charge on any atom is 0.328 e. The van der Waals surface area contributed by atoms with Gasteiger partial charge >= 0.3 is 5.97 Å². The Hall–Kier alpha value is -2.10. The summed E-state index contributed by atoms with van der Waals surface area (Å²) in [7, 11) is 1.63. The highest BCUT2D eigenvalue weighted by Crippen LogP contribution is 2.02. The first kappa shape index (κ1) is 12.0. The Morgan fingerprint density at radius 2 is 1.88 bits per heavy atom. The summed E-state index contributed by atoms with van der Waals surface area (Å²) >= 11 is 0. The van der Waals surface area contributed by atoms with Gasteiger partial charge in [0.1, 0.15) is 0 Å². The van der Waals surface area contributed by atoms with Gasteiger partial charge < -0.3 is 10.0 Å². The van der Waals surface area contributed by atoms with Crippen LogP contribution in [0.5, 0.6) is 0 Å². The van der Waals surface area contributed by atoms with E-state index in [0.29, 0.717) is 6.54 Å².